The van der Waals surface area contributed by atoms with Crippen LogP contribution in [0.4, 0.5) is 4.39 Å². The van der Waals surface area contributed by atoms with Crippen LogP contribution in [0.1, 0.15) is 18.4 Å². The summed E-state index contributed by atoms with van der Waals surface area (Å²) in [6.45, 7) is 3.23. The molecule has 134 valence electrons. The van der Waals surface area contributed by atoms with Crippen molar-refractivity contribution in [3.63, 3.8) is 0 Å². The summed E-state index contributed by atoms with van der Waals surface area (Å²) in [7, 11) is 1.62. The van der Waals surface area contributed by atoms with E-state index in [1.807, 2.05) is 6.07 Å². The van der Waals surface area contributed by atoms with Crippen LogP contribution in [0.15, 0.2) is 36.5 Å². The molecular formula is C19H22ClFN2O2. The standard InChI is InChI=1S/C19H22ClFN2O2/c1-24-19-15(10-16(20)11-22-19)12-23-8-6-14(7-9-23)13-25-18-5-3-2-4-17(18)21/h2-5,10-11,14H,6-9,12-13H2,1H3. The molecule has 1 aromatic carbocycles. The third-order valence-corrected chi connectivity index (χ3v) is 4.70. The van der Waals surface area contributed by atoms with Gasteiger partial charge in [0, 0.05) is 18.3 Å². The number of piperidine rings is 1. The minimum atomic E-state index is -0.305. The molecule has 1 aliphatic heterocycles. The maximum Gasteiger partial charge on any atom is 0.217 e. The second-order valence-corrected chi connectivity index (χ2v) is 6.72. The minimum absolute atomic E-state index is 0.305. The fourth-order valence-electron chi connectivity index (χ4n) is 3.09. The molecule has 0 atom stereocenters. The van der Waals surface area contributed by atoms with Crippen molar-refractivity contribution < 1.29 is 13.9 Å². The van der Waals surface area contributed by atoms with Gasteiger partial charge in [0.1, 0.15) is 0 Å². The molecule has 0 radical (unpaired) electrons. The Morgan fingerprint density at radius 1 is 1.28 bits per heavy atom. The second kappa shape index (κ2) is 8.50. The van der Waals surface area contributed by atoms with Crippen LogP contribution in [0.3, 0.4) is 0 Å². The topological polar surface area (TPSA) is 34.6 Å². The van der Waals surface area contributed by atoms with Crippen molar-refractivity contribution in [3.8, 4) is 11.6 Å². The van der Waals surface area contributed by atoms with E-state index in [0.717, 1.165) is 38.0 Å². The van der Waals surface area contributed by atoms with Gasteiger partial charge >= 0.3 is 0 Å². The van der Waals surface area contributed by atoms with Crippen molar-refractivity contribution in [3.05, 3.63) is 52.9 Å². The summed E-state index contributed by atoms with van der Waals surface area (Å²) in [5.41, 5.74) is 0.996. The third-order valence-electron chi connectivity index (χ3n) is 4.50. The Balaban J connectivity index is 1.49. The molecule has 1 aliphatic rings. The van der Waals surface area contributed by atoms with Crippen LogP contribution in [0.25, 0.3) is 0 Å². The van der Waals surface area contributed by atoms with Gasteiger partial charge < -0.3 is 9.47 Å². The molecule has 2 heterocycles. The van der Waals surface area contributed by atoms with E-state index in [-0.39, 0.29) is 5.82 Å². The van der Waals surface area contributed by atoms with E-state index in [0.29, 0.717) is 29.2 Å². The molecule has 25 heavy (non-hydrogen) atoms. The van der Waals surface area contributed by atoms with Crippen molar-refractivity contribution >= 4 is 11.6 Å². The number of likely N-dealkylation sites (tertiary alicyclic amines) is 1. The fraction of sp³-hybridized carbons (Fsp3) is 0.421. The van der Waals surface area contributed by atoms with Crippen LogP contribution < -0.4 is 9.47 Å². The van der Waals surface area contributed by atoms with Crippen LogP contribution in [0, 0.1) is 11.7 Å². The summed E-state index contributed by atoms with van der Waals surface area (Å²) in [6.07, 6.45) is 3.63. The molecule has 2 aromatic rings. The highest BCUT2D eigenvalue weighted by atomic mass is 35.5. The van der Waals surface area contributed by atoms with Crippen LogP contribution in [0.5, 0.6) is 11.6 Å². The average molecular weight is 365 g/mol. The third kappa shape index (κ3) is 4.83. The van der Waals surface area contributed by atoms with Crippen molar-refractivity contribution in [2.24, 2.45) is 5.92 Å². The zero-order chi connectivity index (χ0) is 17.6. The molecule has 0 spiro atoms. The number of aromatic nitrogens is 1. The maximum absolute atomic E-state index is 13.6. The average Bonchev–Trinajstić information content (AvgIpc) is 2.62. The molecule has 0 saturated carbocycles. The highest BCUT2D eigenvalue weighted by Gasteiger charge is 2.21. The summed E-state index contributed by atoms with van der Waals surface area (Å²) >= 11 is 6.04. The van der Waals surface area contributed by atoms with Crippen LogP contribution in [-0.4, -0.2) is 36.7 Å². The lowest BCUT2D eigenvalue weighted by Gasteiger charge is -2.32. The van der Waals surface area contributed by atoms with E-state index in [1.165, 1.54) is 6.07 Å². The van der Waals surface area contributed by atoms with Gasteiger partial charge in [-0.25, -0.2) is 9.37 Å². The lowest BCUT2D eigenvalue weighted by Crippen LogP contribution is -2.35. The molecule has 3 rings (SSSR count). The number of nitrogens with zero attached hydrogens (tertiary/aromatic N) is 2. The molecule has 0 unspecified atom stereocenters. The van der Waals surface area contributed by atoms with Gasteiger partial charge in [0.15, 0.2) is 11.6 Å². The highest BCUT2D eigenvalue weighted by molar-refractivity contribution is 6.30. The van der Waals surface area contributed by atoms with E-state index < -0.39 is 0 Å². The van der Waals surface area contributed by atoms with E-state index in [4.69, 9.17) is 21.1 Å². The monoisotopic (exact) mass is 364 g/mol. The van der Waals surface area contributed by atoms with Gasteiger partial charge in [-0.2, -0.15) is 0 Å². The van der Waals surface area contributed by atoms with Gasteiger partial charge in [-0.3, -0.25) is 4.90 Å². The molecule has 1 fully saturated rings. The number of ether oxygens (including phenoxy) is 2. The smallest absolute Gasteiger partial charge is 0.217 e. The Bertz CT molecular complexity index is 706. The van der Waals surface area contributed by atoms with Gasteiger partial charge in [0.2, 0.25) is 5.88 Å². The molecule has 6 heteroatoms. The normalized spacial score (nSPS) is 16.0. The van der Waals surface area contributed by atoms with Crippen molar-refractivity contribution in [1.82, 2.24) is 9.88 Å². The van der Waals surface area contributed by atoms with Gasteiger partial charge in [-0.05, 0) is 50.0 Å². The van der Waals surface area contributed by atoms with E-state index in [1.54, 1.807) is 31.5 Å². The molecule has 0 N–H and O–H groups in total. The first kappa shape index (κ1) is 18.0. The Kier molecular flexibility index (Phi) is 6.10. The molecule has 0 amide bonds. The number of methoxy groups -OCH3 is 1. The highest BCUT2D eigenvalue weighted by Crippen LogP contribution is 2.25. The summed E-state index contributed by atoms with van der Waals surface area (Å²) in [6, 6.07) is 8.45. The van der Waals surface area contributed by atoms with Gasteiger partial charge in [0.05, 0.1) is 18.7 Å². The van der Waals surface area contributed by atoms with E-state index in [2.05, 4.69) is 9.88 Å². The number of hydrogen-bond acceptors (Lipinski definition) is 4. The first-order valence-corrected chi connectivity index (χ1v) is 8.81. The number of pyridine rings is 1. The predicted octanol–water partition coefficient (Wildman–Crippen LogP) is 4.17. The predicted molar refractivity (Wildman–Crippen MR) is 95.7 cm³/mol. The molecule has 1 saturated heterocycles. The number of hydrogen-bond donors (Lipinski definition) is 0. The zero-order valence-electron chi connectivity index (χ0n) is 14.3. The second-order valence-electron chi connectivity index (χ2n) is 6.28. The van der Waals surface area contributed by atoms with Gasteiger partial charge in [-0.1, -0.05) is 23.7 Å². The number of para-hydroxylation sites is 1. The SMILES string of the molecule is COc1ncc(Cl)cc1CN1CCC(COc2ccccc2F)CC1. The Morgan fingerprint density at radius 3 is 2.76 bits per heavy atom. The Labute approximate surface area is 152 Å². The van der Waals surface area contributed by atoms with E-state index in [9.17, 15) is 4.39 Å². The molecule has 0 aliphatic carbocycles. The summed E-state index contributed by atoms with van der Waals surface area (Å²) in [5, 5.41) is 0.615. The van der Waals surface area contributed by atoms with E-state index >= 15 is 0 Å². The quantitative estimate of drug-likeness (QED) is 0.770. The summed E-state index contributed by atoms with van der Waals surface area (Å²) < 4.78 is 24.5. The van der Waals surface area contributed by atoms with Crippen molar-refractivity contribution in [2.75, 3.05) is 26.8 Å². The van der Waals surface area contributed by atoms with Gasteiger partial charge in [-0.15, -0.1) is 0 Å². The van der Waals surface area contributed by atoms with Crippen LogP contribution >= 0.6 is 11.6 Å². The van der Waals surface area contributed by atoms with Crippen molar-refractivity contribution in [1.29, 1.82) is 0 Å². The first-order chi connectivity index (χ1) is 12.2. The zero-order valence-corrected chi connectivity index (χ0v) is 15.0. The first-order valence-electron chi connectivity index (χ1n) is 8.44. The number of rotatable bonds is 6. The fourth-order valence-corrected chi connectivity index (χ4v) is 3.27. The molecule has 4 nitrogen and oxygen atoms in total. The number of halogens is 2. The molecular weight excluding hydrogens is 343 g/mol. The lowest BCUT2D eigenvalue weighted by molar-refractivity contribution is 0.133. The number of benzene rings is 1. The lowest BCUT2D eigenvalue weighted by atomic mass is 9.97. The summed E-state index contributed by atoms with van der Waals surface area (Å²) in [5.74, 6) is 1.09. The minimum Gasteiger partial charge on any atom is -0.490 e. The Hall–Kier alpha value is -1.85. The van der Waals surface area contributed by atoms with Crippen molar-refractivity contribution in [2.45, 2.75) is 19.4 Å². The molecule has 0 bridgehead atoms. The van der Waals surface area contributed by atoms with Gasteiger partial charge in [0.25, 0.3) is 0 Å². The van der Waals surface area contributed by atoms with Crippen LogP contribution in [-0.2, 0) is 6.54 Å². The Morgan fingerprint density at radius 2 is 2.04 bits per heavy atom. The largest absolute Gasteiger partial charge is 0.490 e. The molecule has 1 aromatic heterocycles. The summed E-state index contributed by atoms with van der Waals surface area (Å²) in [4.78, 5) is 6.57. The van der Waals surface area contributed by atoms with Crippen LogP contribution in [0.2, 0.25) is 5.02 Å². The maximum atomic E-state index is 13.6.